The number of halogens is 3. The summed E-state index contributed by atoms with van der Waals surface area (Å²) in [6.07, 6.45) is -2.34. The van der Waals surface area contributed by atoms with Crippen molar-refractivity contribution in [3.8, 4) is 0 Å². The second-order valence-corrected chi connectivity index (χ2v) is 9.70. The van der Waals surface area contributed by atoms with Crippen LogP contribution in [0.1, 0.15) is 42.6 Å². The van der Waals surface area contributed by atoms with Crippen molar-refractivity contribution in [1.29, 1.82) is 0 Å². The maximum absolute atomic E-state index is 12.9. The fourth-order valence-corrected chi connectivity index (χ4v) is 4.79. The zero-order valence-corrected chi connectivity index (χ0v) is 19.3. The van der Waals surface area contributed by atoms with E-state index >= 15 is 0 Å². The summed E-state index contributed by atoms with van der Waals surface area (Å²) in [5.41, 5.74) is -0.429. The lowest BCUT2D eigenvalue weighted by atomic mass is 10.2. The topological polar surface area (TPSA) is 82.6 Å². The number of carbonyl (C=O) groups excluding carboxylic acids is 1. The minimum atomic E-state index is -4.44. The minimum absolute atomic E-state index is 0.0924. The van der Waals surface area contributed by atoms with Gasteiger partial charge in [0.2, 0.25) is 10.0 Å². The fraction of sp³-hybridized carbons (Fsp3) is 0.455. The Morgan fingerprint density at radius 1 is 1.09 bits per heavy atom. The molecule has 3 rings (SSSR count). The third kappa shape index (κ3) is 6.23. The number of alkyl halides is 3. The lowest BCUT2D eigenvalue weighted by Crippen LogP contribution is -2.35. The van der Waals surface area contributed by atoms with Gasteiger partial charge in [-0.2, -0.15) is 13.2 Å². The molecule has 0 bridgehead atoms. The second-order valence-electron chi connectivity index (χ2n) is 7.99. The Morgan fingerprint density at radius 3 is 2.36 bits per heavy atom. The highest BCUT2D eigenvalue weighted by molar-refractivity contribution is 7.89. The SMILES string of the molecule is CCC(C)NS(=O)(=O)c1ccc(C(=O)N2CCCN(c3ccc(C(F)(F)F)cn3)CC2)cc1. The summed E-state index contributed by atoms with van der Waals surface area (Å²) in [5.74, 6) is 0.205. The average molecular weight is 485 g/mol. The summed E-state index contributed by atoms with van der Waals surface area (Å²) in [5, 5.41) is 0. The summed E-state index contributed by atoms with van der Waals surface area (Å²) in [7, 11) is -3.65. The molecule has 1 saturated heterocycles. The van der Waals surface area contributed by atoms with Crippen molar-refractivity contribution in [3.05, 3.63) is 53.7 Å². The summed E-state index contributed by atoms with van der Waals surface area (Å²) in [6, 6.07) is 7.95. The quantitative estimate of drug-likeness (QED) is 0.679. The molecule has 1 aromatic carbocycles. The van der Waals surface area contributed by atoms with Gasteiger partial charge in [0, 0.05) is 44.0 Å². The maximum atomic E-state index is 12.9. The van der Waals surface area contributed by atoms with E-state index in [2.05, 4.69) is 9.71 Å². The van der Waals surface area contributed by atoms with Crippen LogP contribution < -0.4 is 9.62 Å². The van der Waals surface area contributed by atoms with Crippen molar-refractivity contribution in [2.75, 3.05) is 31.1 Å². The summed E-state index contributed by atoms with van der Waals surface area (Å²) in [4.78, 5) is 20.5. The molecule has 1 aliphatic heterocycles. The predicted octanol–water partition coefficient (Wildman–Crippen LogP) is 3.53. The molecule has 1 aliphatic rings. The van der Waals surface area contributed by atoms with Crippen molar-refractivity contribution in [3.63, 3.8) is 0 Å². The van der Waals surface area contributed by atoms with Gasteiger partial charge >= 0.3 is 6.18 Å². The molecule has 1 N–H and O–H groups in total. The molecular formula is C22H27F3N4O3S. The molecule has 1 amide bonds. The summed E-state index contributed by atoms with van der Waals surface area (Å²) >= 11 is 0. The van der Waals surface area contributed by atoms with Gasteiger partial charge in [-0.1, -0.05) is 6.92 Å². The number of hydrogen-bond donors (Lipinski definition) is 1. The first kappa shape index (κ1) is 25.0. The number of aromatic nitrogens is 1. The first-order chi connectivity index (χ1) is 15.5. The molecule has 1 fully saturated rings. The molecule has 1 aromatic heterocycles. The van der Waals surface area contributed by atoms with Crippen molar-refractivity contribution in [1.82, 2.24) is 14.6 Å². The Kier molecular flexibility index (Phi) is 7.63. The summed E-state index contributed by atoms with van der Waals surface area (Å²) in [6.45, 7) is 5.49. The van der Waals surface area contributed by atoms with Gasteiger partial charge in [0.05, 0.1) is 10.5 Å². The van der Waals surface area contributed by atoms with Gasteiger partial charge in [0.25, 0.3) is 5.91 Å². The molecule has 1 atom stereocenters. The van der Waals surface area contributed by atoms with Crippen molar-refractivity contribution >= 4 is 21.7 Å². The Balaban J connectivity index is 1.65. The highest BCUT2D eigenvalue weighted by atomic mass is 32.2. The number of nitrogens with one attached hydrogen (secondary N) is 1. The van der Waals surface area contributed by atoms with Gasteiger partial charge in [0.1, 0.15) is 5.82 Å². The van der Waals surface area contributed by atoms with E-state index in [4.69, 9.17) is 0 Å². The van der Waals surface area contributed by atoms with Gasteiger partial charge in [-0.3, -0.25) is 4.79 Å². The highest BCUT2D eigenvalue weighted by Crippen LogP contribution is 2.29. The Bertz CT molecular complexity index is 1060. The fourth-order valence-electron chi connectivity index (χ4n) is 3.47. The average Bonchev–Trinajstić information content (AvgIpc) is 3.04. The molecule has 2 aromatic rings. The van der Waals surface area contributed by atoms with Crippen LogP contribution in [0.4, 0.5) is 19.0 Å². The Hall–Kier alpha value is -2.66. The van der Waals surface area contributed by atoms with E-state index in [1.807, 2.05) is 11.8 Å². The van der Waals surface area contributed by atoms with Crippen molar-refractivity contribution < 1.29 is 26.4 Å². The number of rotatable bonds is 6. The normalized spacial score (nSPS) is 16.4. The molecule has 7 nitrogen and oxygen atoms in total. The van der Waals surface area contributed by atoms with Crippen LogP contribution >= 0.6 is 0 Å². The molecular weight excluding hydrogens is 457 g/mol. The third-order valence-electron chi connectivity index (χ3n) is 5.56. The summed E-state index contributed by atoms with van der Waals surface area (Å²) < 4.78 is 65.6. The number of anilines is 1. The Labute approximate surface area is 191 Å². The van der Waals surface area contributed by atoms with Crippen LogP contribution in [-0.2, 0) is 16.2 Å². The number of sulfonamides is 1. The monoisotopic (exact) mass is 484 g/mol. The molecule has 2 heterocycles. The van der Waals surface area contributed by atoms with Crippen LogP contribution in [-0.4, -0.2) is 56.4 Å². The first-order valence-electron chi connectivity index (χ1n) is 10.7. The number of amides is 1. The van der Waals surface area contributed by atoms with Crippen LogP contribution in [0.25, 0.3) is 0 Å². The van der Waals surface area contributed by atoms with E-state index in [-0.39, 0.29) is 16.8 Å². The number of pyridine rings is 1. The number of carbonyl (C=O) groups is 1. The molecule has 0 aliphatic carbocycles. The molecule has 0 spiro atoms. The van der Waals surface area contributed by atoms with Gasteiger partial charge in [-0.05, 0) is 56.2 Å². The zero-order chi connectivity index (χ0) is 24.2. The Morgan fingerprint density at radius 2 is 1.79 bits per heavy atom. The first-order valence-corrected chi connectivity index (χ1v) is 12.2. The predicted molar refractivity (Wildman–Crippen MR) is 118 cm³/mol. The van der Waals surface area contributed by atoms with E-state index in [9.17, 15) is 26.4 Å². The number of hydrogen-bond acceptors (Lipinski definition) is 5. The van der Waals surface area contributed by atoms with E-state index in [0.717, 1.165) is 12.3 Å². The van der Waals surface area contributed by atoms with Crippen LogP contribution in [0.5, 0.6) is 0 Å². The molecule has 0 saturated carbocycles. The second kappa shape index (κ2) is 10.1. The van der Waals surface area contributed by atoms with Gasteiger partial charge in [0.15, 0.2) is 0 Å². The van der Waals surface area contributed by atoms with Crippen LogP contribution in [0.3, 0.4) is 0 Å². The largest absolute Gasteiger partial charge is 0.417 e. The van der Waals surface area contributed by atoms with Crippen molar-refractivity contribution in [2.45, 2.75) is 43.8 Å². The van der Waals surface area contributed by atoms with Gasteiger partial charge in [-0.25, -0.2) is 18.1 Å². The maximum Gasteiger partial charge on any atom is 0.417 e. The van der Waals surface area contributed by atoms with Gasteiger partial charge in [-0.15, -0.1) is 0 Å². The molecule has 11 heteroatoms. The molecule has 180 valence electrons. The van der Waals surface area contributed by atoms with E-state index in [1.165, 1.54) is 30.3 Å². The van der Waals surface area contributed by atoms with Crippen LogP contribution in [0.2, 0.25) is 0 Å². The zero-order valence-electron chi connectivity index (χ0n) is 18.5. The van der Waals surface area contributed by atoms with E-state index in [0.29, 0.717) is 50.4 Å². The molecule has 0 radical (unpaired) electrons. The number of nitrogens with zero attached hydrogens (tertiary/aromatic N) is 3. The third-order valence-corrected chi connectivity index (χ3v) is 7.17. The molecule has 33 heavy (non-hydrogen) atoms. The lowest BCUT2D eigenvalue weighted by Gasteiger charge is -2.23. The van der Waals surface area contributed by atoms with Gasteiger partial charge < -0.3 is 9.80 Å². The van der Waals surface area contributed by atoms with E-state index < -0.39 is 21.8 Å². The van der Waals surface area contributed by atoms with Crippen molar-refractivity contribution in [2.24, 2.45) is 0 Å². The van der Waals surface area contributed by atoms with E-state index in [1.54, 1.807) is 11.8 Å². The number of benzene rings is 1. The lowest BCUT2D eigenvalue weighted by molar-refractivity contribution is -0.137. The smallest absolute Gasteiger partial charge is 0.355 e. The minimum Gasteiger partial charge on any atom is -0.355 e. The molecule has 1 unspecified atom stereocenters. The standard InChI is InChI=1S/C22H27F3N4O3S/c1-3-16(2)27-33(31,32)19-8-5-17(6-9-19)21(30)29-12-4-11-28(13-14-29)20-10-7-18(15-26-20)22(23,24)25/h5-10,15-16,27H,3-4,11-14H2,1-2H3. The highest BCUT2D eigenvalue weighted by Gasteiger charge is 2.31. The van der Waals surface area contributed by atoms with Crippen LogP contribution in [0.15, 0.2) is 47.5 Å². The van der Waals surface area contributed by atoms with Crippen LogP contribution in [0, 0.1) is 0 Å².